The molecule has 6 nitrogen and oxygen atoms in total. The first-order valence-corrected chi connectivity index (χ1v) is 7.83. The Morgan fingerprint density at radius 2 is 2.22 bits per heavy atom. The number of carbonyl (C=O) groups excluding carboxylic acids is 1. The normalized spacial score (nSPS) is 17.0. The highest BCUT2D eigenvalue weighted by Gasteiger charge is 2.22. The lowest BCUT2D eigenvalue weighted by molar-refractivity contribution is -0.121. The number of amides is 1. The van der Waals surface area contributed by atoms with Crippen LogP contribution in [0.25, 0.3) is 5.78 Å². The van der Waals surface area contributed by atoms with Crippen molar-refractivity contribution in [1.82, 2.24) is 24.9 Å². The Hall–Kier alpha value is -2.76. The molecule has 1 aliphatic rings. The molecule has 0 saturated carbocycles. The van der Waals surface area contributed by atoms with Crippen LogP contribution in [0.1, 0.15) is 35.8 Å². The minimum Gasteiger partial charge on any atom is -0.349 e. The maximum absolute atomic E-state index is 12.3. The fraction of sp³-hybridized carbons (Fsp3) is 0.294. The van der Waals surface area contributed by atoms with Crippen molar-refractivity contribution < 1.29 is 4.79 Å². The highest BCUT2D eigenvalue weighted by molar-refractivity contribution is 5.78. The summed E-state index contributed by atoms with van der Waals surface area (Å²) in [6, 6.07) is 10.2. The predicted octanol–water partition coefficient (Wildman–Crippen LogP) is 1.86. The lowest BCUT2D eigenvalue weighted by atomic mass is 9.87. The van der Waals surface area contributed by atoms with Crippen LogP contribution < -0.4 is 5.32 Å². The molecule has 2 heterocycles. The van der Waals surface area contributed by atoms with E-state index in [2.05, 4.69) is 38.6 Å². The Labute approximate surface area is 133 Å². The van der Waals surface area contributed by atoms with Gasteiger partial charge in [0.1, 0.15) is 0 Å². The zero-order valence-corrected chi connectivity index (χ0v) is 12.6. The number of carbonyl (C=O) groups is 1. The van der Waals surface area contributed by atoms with E-state index in [1.54, 1.807) is 23.0 Å². The average Bonchev–Trinajstić information content (AvgIpc) is 2.97. The second-order valence-corrected chi connectivity index (χ2v) is 5.78. The summed E-state index contributed by atoms with van der Waals surface area (Å²) in [6.45, 7) is 0. The van der Waals surface area contributed by atoms with Gasteiger partial charge in [-0.2, -0.15) is 4.98 Å². The topological polar surface area (TPSA) is 72.2 Å². The summed E-state index contributed by atoms with van der Waals surface area (Å²) in [5.41, 5.74) is 2.57. The van der Waals surface area contributed by atoms with Crippen molar-refractivity contribution in [2.75, 3.05) is 0 Å². The summed E-state index contributed by atoms with van der Waals surface area (Å²) < 4.78 is 1.58. The van der Waals surface area contributed by atoms with E-state index in [9.17, 15) is 4.79 Å². The van der Waals surface area contributed by atoms with Crippen LogP contribution in [0.15, 0.2) is 42.7 Å². The molecule has 0 saturated heterocycles. The van der Waals surface area contributed by atoms with Crippen LogP contribution in [0.2, 0.25) is 0 Å². The van der Waals surface area contributed by atoms with Gasteiger partial charge in [0.2, 0.25) is 5.91 Å². The molecule has 3 aromatic rings. The van der Waals surface area contributed by atoms with E-state index >= 15 is 0 Å². The summed E-state index contributed by atoms with van der Waals surface area (Å²) in [5, 5.41) is 7.39. The van der Waals surface area contributed by atoms with Gasteiger partial charge in [-0.05, 0) is 36.5 Å². The molecular formula is C17H17N5O. The predicted molar refractivity (Wildman–Crippen MR) is 84.7 cm³/mol. The van der Waals surface area contributed by atoms with Crippen LogP contribution in [-0.4, -0.2) is 25.5 Å². The number of fused-ring (bicyclic) bond motifs is 2. The first-order valence-electron chi connectivity index (χ1n) is 7.83. The number of hydrogen-bond donors (Lipinski definition) is 1. The number of aromatic nitrogens is 4. The standard InChI is InChI=1S/C17H17N5O/c23-16(11-15-20-17-18-9-4-10-22(17)21-15)19-14-8-3-6-12-5-1-2-7-13(12)14/h1-2,4-5,7,9-10,14H,3,6,8,11H2,(H,19,23)/t14-/m0/s1. The van der Waals surface area contributed by atoms with Crippen LogP contribution >= 0.6 is 0 Å². The van der Waals surface area contributed by atoms with Crippen molar-refractivity contribution in [2.24, 2.45) is 0 Å². The smallest absolute Gasteiger partial charge is 0.252 e. The van der Waals surface area contributed by atoms with Gasteiger partial charge in [-0.3, -0.25) is 4.79 Å². The summed E-state index contributed by atoms with van der Waals surface area (Å²) in [6.07, 6.45) is 6.76. The summed E-state index contributed by atoms with van der Waals surface area (Å²) in [7, 11) is 0. The van der Waals surface area contributed by atoms with Crippen LogP contribution in [0, 0.1) is 0 Å². The number of benzene rings is 1. The number of nitrogens with zero attached hydrogens (tertiary/aromatic N) is 4. The van der Waals surface area contributed by atoms with Gasteiger partial charge in [0.25, 0.3) is 5.78 Å². The highest BCUT2D eigenvalue weighted by atomic mass is 16.1. The lowest BCUT2D eigenvalue weighted by Crippen LogP contribution is -2.32. The summed E-state index contributed by atoms with van der Waals surface area (Å²) in [4.78, 5) is 20.7. The fourth-order valence-electron chi connectivity index (χ4n) is 3.14. The number of hydrogen-bond acceptors (Lipinski definition) is 4. The maximum atomic E-state index is 12.3. The van der Waals surface area contributed by atoms with Crippen molar-refractivity contribution in [3.63, 3.8) is 0 Å². The van der Waals surface area contributed by atoms with E-state index in [1.165, 1.54) is 11.1 Å². The molecule has 1 aliphatic carbocycles. The fourth-order valence-corrected chi connectivity index (χ4v) is 3.14. The minimum atomic E-state index is -0.0531. The van der Waals surface area contributed by atoms with Crippen LogP contribution in [0.5, 0.6) is 0 Å². The molecule has 0 fully saturated rings. The van der Waals surface area contributed by atoms with Crippen LogP contribution in [-0.2, 0) is 17.6 Å². The first-order chi connectivity index (χ1) is 11.3. The monoisotopic (exact) mass is 307 g/mol. The Bertz CT molecular complexity index is 824. The first kappa shape index (κ1) is 13.9. The van der Waals surface area contributed by atoms with E-state index in [-0.39, 0.29) is 18.4 Å². The molecule has 1 atom stereocenters. The quantitative estimate of drug-likeness (QED) is 0.801. The molecule has 0 bridgehead atoms. The highest BCUT2D eigenvalue weighted by Crippen LogP contribution is 2.29. The third-order valence-electron chi connectivity index (χ3n) is 4.18. The minimum absolute atomic E-state index is 0.0531. The van der Waals surface area contributed by atoms with Gasteiger partial charge in [0, 0.05) is 12.4 Å². The number of rotatable bonds is 3. The van der Waals surface area contributed by atoms with Crippen molar-refractivity contribution in [3.05, 3.63) is 59.7 Å². The van der Waals surface area contributed by atoms with E-state index < -0.39 is 0 Å². The van der Waals surface area contributed by atoms with Crippen molar-refractivity contribution >= 4 is 11.7 Å². The van der Waals surface area contributed by atoms with E-state index in [0.29, 0.717) is 11.6 Å². The Morgan fingerprint density at radius 1 is 1.30 bits per heavy atom. The van der Waals surface area contributed by atoms with E-state index in [0.717, 1.165) is 19.3 Å². The van der Waals surface area contributed by atoms with Gasteiger partial charge in [-0.1, -0.05) is 24.3 Å². The second-order valence-electron chi connectivity index (χ2n) is 5.78. The molecule has 0 radical (unpaired) electrons. The van der Waals surface area contributed by atoms with Gasteiger partial charge in [0.05, 0.1) is 12.5 Å². The molecule has 0 unspecified atom stereocenters. The molecule has 1 aromatic carbocycles. The van der Waals surface area contributed by atoms with Crippen molar-refractivity contribution in [1.29, 1.82) is 0 Å². The molecule has 0 spiro atoms. The Kier molecular flexibility index (Phi) is 3.49. The van der Waals surface area contributed by atoms with Gasteiger partial charge in [-0.25, -0.2) is 9.50 Å². The van der Waals surface area contributed by atoms with Gasteiger partial charge in [-0.15, -0.1) is 5.10 Å². The molecule has 1 amide bonds. The van der Waals surface area contributed by atoms with Crippen molar-refractivity contribution in [3.8, 4) is 0 Å². The molecule has 23 heavy (non-hydrogen) atoms. The lowest BCUT2D eigenvalue weighted by Gasteiger charge is -2.26. The van der Waals surface area contributed by atoms with E-state index in [1.807, 2.05) is 6.07 Å². The molecule has 6 heteroatoms. The third-order valence-corrected chi connectivity index (χ3v) is 4.18. The second kappa shape index (κ2) is 5.79. The molecule has 1 N–H and O–H groups in total. The van der Waals surface area contributed by atoms with Gasteiger partial charge < -0.3 is 5.32 Å². The largest absolute Gasteiger partial charge is 0.349 e. The number of nitrogens with one attached hydrogen (secondary N) is 1. The van der Waals surface area contributed by atoms with Gasteiger partial charge in [0.15, 0.2) is 5.82 Å². The zero-order chi connectivity index (χ0) is 15.6. The van der Waals surface area contributed by atoms with Crippen LogP contribution in [0.3, 0.4) is 0 Å². The zero-order valence-electron chi connectivity index (χ0n) is 12.6. The van der Waals surface area contributed by atoms with E-state index in [4.69, 9.17) is 0 Å². The van der Waals surface area contributed by atoms with Gasteiger partial charge >= 0.3 is 0 Å². The molecule has 116 valence electrons. The Balaban J connectivity index is 1.48. The summed E-state index contributed by atoms with van der Waals surface area (Å²) >= 11 is 0. The average molecular weight is 307 g/mol. The Morgan fingerprint density at radius 3 is 3.13 bits per heavy atom. The molecular weight excluding hydrogens is 290 g/mol. The summed E-state index contributed by atoms with van der Waals surface area (Å²) in [5.74, 6) is 0.950. The maximum Gasteiger partial charge on any atom is 0.252 e. The SMILES string of the molecule is O=C(Cc1nc2ncccn2n1)N[C@H]1CCCc2ccccc21. The molecule has 2 aromatic heterocycles. The third kappa shape index (κ3) is 2.79. The molecule has 0 aliphatic heterocycles. The van der Waals surface area contributed by atoms with Crippen molar-refractivity contribution in [2.45, 2.75) is 31.7 Å². The molecule has 4 rings (SSSR count). The van der Waals surface area contributed by atoms with Crippen LogP contribution in [0.4, 0.5) is 0 Å². The number of aryl methyl sites for hydroxylation is 1.